The number of rotatable bonds is 3. The quantitative estimate of drug-likeness (QED) is 0.485. The maximum Gasteiger partial charge on any atom is 0.0966 e. The summed E-state index contributed by atoms with van der Waals surface area (Å²) in [5, 5.41) is 11.2. The van der Waals surface area contributed by atoms with E-state index in [1.54, 1.807) is 0 Å². The van der Waals surface area contributed by atoms with Crippen LogP contribution < -0.4 is 5.73 Å². The Labute approximate surface area is 65.5 Å². The predicted octanol–water partition coefficient (Wildman–Crippen LogP) is 0.381. The van der Waals surface area contributed by atoms with Crippen molar-refractivity contribution < 1.29 is 0 Å². The Bertz CT molecular complexity index is 251. The standard InChI is InChI=1S/C7H12N4/c1-2-11-4-3-6(10-11)5-7(8)9/h3-4H,2,5H2,1H3,(H3,8,9). The van der Waals surface area contributed by atoms with Crippen molar-refractivity contribution in [3.63, 3.8) is 0 Å². The van der Waals surface area contributed by atoms with Crippen LogP contribution in [-0.2, 0) is 13.0 Å². The minimum Gasteiger partial charge on any atom is -0.387 e. The number of nitrogens with two attached hydrogens (primary N) is 1. The van der Waals surface area contributed by atoms with Crippen LogP contribution in [0, 0.1) is 5.41 Å². The summed E-state index contributed by atoms with van der Waals surface area (Å²) in [5.41, 5.74) is 6.07. The SMILES string of the molecule is CCn1ccc(CC(=N)N)n1. The Morgan fingerprint density at radius 1 is 1.82 bits per heavy atom. The molecule has 0 aliphatic rings. The van der Waals surface area contributed by atoms with Crippen LogP contribution in [0.2, 0.25) is 0 Å². The van der Waals surface area contributed by atoms with E-state index in [0.29, 0.717) is 6.42 Å². The molecule has 4 nitrogen and oxygen atoms in total. The average Bonchev–Trinajstić information content (AvgIpc) is 2.34. The molecule has 0 aromatic carbocycles. The summed E-state index contributed by atoms with van der Waals surface area (Å²) in [6.07, 6.45) is 2.34. The molecule has 0 atom stereocenters. The van der Waals surface area contributed by atoms with Gasteiger partial charge in [0.05, 0.1) is 11.5 Å². The zero-order chi connectivity index (χ0) is 8.27. The third-order valence-corrected chi connectivity index (χ3v) is 1.39. The Morgan fingerprint density at radius 2 is 2.55 bits per heavy atom. The van der Waals surface area contributed by atoms with Crippen LogP contribution in [0.25, 0.3) is 0 Å². The molecule has 1 aromatic heterocycles. The molecule has 0 aliphatic carbocycles. The van der Waals surface area contributed by atoms with Gasteiger partial charge in [-0.2, -0.15) is 5.10 Å². The fraction of sp³-hybridized carbons (Fsp3) is 0.429. The minimum absolute atomic E-state index is 0.159. The van der Waals surface area contributed by atoms with Crippen molar-refractivity contribution in [1.29, 1.82) is 5.41 Å². The summed E-state index contributed by atoms with van der Waals surface area (Å²) in [5.74, 6) is 0.159. The highest BCUT2D eigenvalue weighted by Gasteiger charge is 1.98. The molecule has 0 aliphatic heterocycles. The fourth-order valence-electron chi connectivity index (χ4n) is 0.869. The lowest BCUT2D eigenvalue weighted by atomic mass is 10.3. The Morgan fingerprint density at radius 3 is 3.00 bits per heavy atom. The number of amidine groups is 1. The van der Waals surface area contributed by atoms with Crippen molar-refractivity contribution in [2.45, 2.75) is 19.9 Å². The van der Waals surface area contributed by atoms with Gasteiger partial charge in [-0.1, -0.05) is 0 Å². The molecule has 0 saturated heterocycles. The summed E-state index contributed by atoms with van der Waals surface area (Å²) in [6, 6.07) is 1.88. The molecule has 1 rings (SSSR count). The van der Waals surface area contributed by atoms with Crippen LogP contribution in [-0.4, -0.2) is 15.6 Å². The molecule has 11 heavy (non-hydrogen) atoms. The van der Waals surface area contributed by atoms with Gasteiger partial charge in [-0.25, -0.2) is 0 Å². The van der Waals surface area contributed by atoms with Crippen LogP contribution in [0.4, 0.5) is 0 Å². The van der Waals surface area contributed by atoms with Crippen molar-refractivity contribution in [3.05, 3.63) is 18.0 Å². The molecule has 1 heterocycles. The summed E-state index contributed by atoms with van der Waals surface area (Å²) < 4.78 is 1.82. The van der Waals surface area contributed by atoms with Gasteiger partial charge in [0.2, 0.25) is 0 Å². The molecule has 1 aromatic rings. The van der Waals surface area contributed by atoms with Gasteiger partial charge < -0.3 is 5.73 Å². The number of aryl methyl sites for hydroxylation is 1. The van der Waals surface area contributed by atoms with Crippen LogP contribution in [0.1, 0.15) is 12.6 Å². The maximum absolute atomic E-state index is 7.03. The summed E-state index contributed by atoms with van der Waals surface area (Å²) in [4.78, 5) is 0. The maximum atomic E-state index is 7.03. The van der Waals surface area contributed by atoms with Gasteiger partial charge in [0, 0.05) is 19.2 Å². The molecular weight excluding hydrogens is 140 g/mol. The van der Waals surface area contributed by atoms with E-state index in [-0.39, 0.29) is 5.84 Å². The lowest BCUT2D eigenvalue weighted by Gasteiger charge is -1.93. The van der Waals surface area contributed by atoms with E-state index in [1.807, 2.05) is 23.9 Å². The Balaban J connectivity index is 2.65. The van der Waals surface area contributed by atoms with Crippen molar-refractivity contribution in [2.24, 2.45) is 5.73 Å². The number of hydrogen-bond acceptors (Lipinski definition) is 2. The average molecular weight is 152 g/mol. The Kier molecular flexibility index (Phi) is 2.25. The highest BCUT2D eigenvalue weighted by atomic mass is 15.3. The lowest BCUT2D eigenvalue weighted by Crippen LogP contribution is -2.13. The third-order valence-electron chi connectivity index (χ3n) is 1.39. The van der Waals surface area contributed by atoms with E-state index in [2.05, 4.69) is 5.10 Å². The summed E-state index contributed by atoms with van der Waals surface area (Å²) >= 11 is 0. The van der Waals surface area contributed by atoms with Gasteiger partial charge in [-0.05, 0) is 13.0 Å². The zero-order valence-corrected chi connectivity index (χ0v) is 6.54. The van der Waals surface area contributed by atoms with Crippen molar-refractivity contribution >= 4 is 5.84 Å². The van der Waals surface area contributed by atoms with Gasteiger partial charge in [0.1, 0.15) is 0 Å². The molecule has 0 amide bonds. The van der Waals surface area contributed by atoms with Crippen molar-refractivity contribution in [1.82, 2.24) is 9.78 Å². The molecule has 0 bridgehead atoms. The van der Waals surface area contributed by atoms with E-state index >= 15 is 0 Å². The molecule has 0 unspecified atom stereocenters. The largest absolute Gasteiger partial charge is 0.387 e. The molecule has 3 N–H and O–H groups in total. The number of hydrogen-bond donors (Lipinski definition) is 2. The van der Waals surface area contributed by atoms with Gasteiger partial charge >= 0.3 is 0 Å². The zero-order valence-electron chi connectivity index (χ0n) is 6.54. The van der Waals surface area contributed by atoms with Crippen molar-refractivity contribution in [3.8, 4) is 0 Å². The number of nitrogens with one attached hydrogen (secondary N) is 1. The first-order valence-corrected chi connectivity index (χ1v) is 3.57. The lowest BCUT2D eigenvalue weighted by molar-refractivity contribution is 0.651. The van der Waals surface area contributed by atoms with Crippen LogP contribution in [0.3, 0.4) is 0 Å². The number of aromatic nitrogens is 2. The molecule has 0 fully saturated rings. The molecule has 4 heteroatoms. The first-order chi connectivity index (χ1) is 5.22. The Hall–Kier alpha value is -1.32. The van der Waals surface area contributed by atoms with Gasteiger partial charge in [-0.15, -0.1) is 0 Å². The second kappa shape index (κ2) is 3.18. The monoisotopic (exact) mass is 152 g/mol. The fourth-order valence-corrected chi connectivity index (χ4v) is 0.869. The summed E-state index contributed by atoms with van der Waals surface area (Å²) in [7, 11) is 0. The molecular formula is C7H12N4. The summed E-state index contributed by atoms with van der Waals surface area (Å²) in [6.45, 7) is 2.88. The van der Waals surface area contributed by atoms with E-state index in [0.717, 1.165) is 12.2 Å². The smallest absolute Gasteiger partial charge is 0.0966 e. The van der Waals surface area contributed by atoms with Gasteiger partial charge in [0.15, 0.2) is 0 Å². The normalized spacial score (nSPS) is 9.91. The second-order valence-corrected chi connectivity index (χ2v) is 2.36. The molecule has 0 spiro atoms. The molecule has 0 saturated carbocycles. The molecule has 60 valence electrons. The topological polar surface area (TPSA) is 67.7 Å². The van der Waals surface area contributed by atoms with Crippen LogP contribution >= 0.6 is 0 Å². The van der Waals surface area contributed by atoms with E-state index < -0.39 is 0 Å². The van der Waals surface area contributed by atoms with Crippen molar-refractivity contribution in [2.75, 3.05) is 0 Å². The van der Waals surface area contributed by atoms with Crippen LogP contribution in [0.15, 0.2) is 12.3 Å². The third kappa shape index (κ3) is 2.07. The van der Waals surface area contributed by atoms with Crippen LogP contribution in [0.5, 0.6) is 0 Å². The second-order valence-electron chi connectivity index (χ2n) is 2.36. The minimum atomic E-state index is 0.159. The molecule has 0 radical (unpaired) electrons. The van der Waals surface area contributed by atoms with Gasteiger partial charge in [0.25, 0.3) is 0 Å². The highest BCUT2D eigenvalue weighted by Crippen LogP contribution is 1.95. The predicted molar refractivity (Wildman–Crippen MR) is 43.5 cm³/mol. The highest BCUT2D eigenvalue weighted by molar-refractivity contribution is 5.78. The van der Waals surface area contributed by atoms with Gasteiger partial charge in [-0.3, -0.25) is 10.1 Å². The van der Waals surface area contributed by atoms with E-state index in [1.165, 1.54) is 0 Å². The first kappa shape index (κ1) is 7.78. The van der Waals surface area contributed by atoms with E-state index in [4.69, 9.17) is 11.1 Å². The number of nitrogens with zero attached hydrogens (tertiary/aromatic N) is 2. The van der Waals surface area contributed by atoms with E-state index in [9.17, 15) is 0 Å². The first-order valence-electron chi connectivity index (χ1n) is 3.57.